The van der Waals surface area contributed by atoms with Crippen molar-refractivity contribution >= 4 is 11.8 Å². The molecule has 0 bridgehead atoms. The Morgan fingerprint density at radius 1 is 1.41 bits per heavy atom. The fourth-order valence-electron chi connectivity index (χ4n) is 2.40. The molecule has 1 amide bonds. The van der Waals surface area contributed by atoms with Gasteiger partial charge in [-0.3, -0.25) is 9.88 Å². The Hall–Kier alpha value is -2.47. The van der Waals surface area contributed by atoms with Crippen molar-refractivity contribution in [2.75, 3.05) is 11.4 Å². The molecule has 1 unspecified atom stereocenters. The zero-order valence-corrected chi connectivity index (χ0v) is 12.1. The van der Waals surface area contributed by atoms with Gasteiger partial charge in [0.15, 0.2) is 0 Å². The third-order valence-electron chi connectivity index (χ3n) is 3.56. The van der Waals surface area contributed by atoms with E-state index in [1.807, 2.05) is 6.07 Å². The van der Waals surface area contributed by atoms with Crippen molar-refractivity contribution in [1.29, 1.82) is 0 Å². The number of benzene rings is 1. The Morgan fingerprint density at radius 2 is 2.23 bits per heavy atom. The normalized spacial score (nSPS) is 17.7. The molecular weight excluding hydrogens is 285 g/mol. The van der Waals surface area contributed by atoms with Gasteiger partial charge in [0.25, 0.3) is 0 Å². The van der Waals surface area contributed by atoms with E-state index in [4.69, 9.17) is 10.5 Å². The van der Waals surface area contributed by atoms with E-state index in [1.54, 1.807) is 31.3 Å². The predicted molar refractivity (Wildman–Crippen MR) is 80.8 cm³/mol. The van der Waals surface area contributed by atoms with Crippen molar-refractivity contribution in [1.82, 2.24) is 4.98 Å². The van der Waals surface area contributed by atoms with Crippen LogP contribution in [0.25, 0.3) is 11.3 Å². The van der Waals surface area contributed by atoms with Gasteiger partial charge in [-0.15, -0.1) is 0 Å². The van der Waals surface area contributed by atoms with E-state index in [0.717, 1.165) is 5.56 Å². The van der Waals surface area contributed by atoms with Gasteiger partial charge in [0.05, 0.1) is 17.9 Å². The van der Waals surface area contributed by atoms with Crippen molar-refractivity contribution in [2.24, 2.45) is 5.73 Å². The molecule has 1 aromatic heterocycles. The number of hydrogen-bond donors (Lipinski definition) is 1. The van der Waals surface area contributed by atoms with E-state index in [0.29, 0.717) is 30.0 Å². The van der Waals surface area contributed by atoms with Gasteiger partial charge >= 0.3 is 6.09 Å². The number of carbonyl (C=O) groups is 1. The molecule has 0 radical (unpaired) electrons. The number of carbonyl (C=O) groups excluding carboxylic acids is 1. The van der Waals surface area contributed by atoms with Crippen LogP contribution in [0, 0.1) is 5.82 Å². The highest BCUT2D eigenvalue weighted by Gasteiger charge is 2.29. The summed E-state index contributed by atoms with van der Waals surface area (Å²) in [6.45, 7) is 2.61. The monoisotopic (exact) mass is 301 g/mol. The topological polar surface area (TPSA) is 68.5 Å². The smallest absolute Gasteiger partial charge is 0.414 e. The van der Waals surface area contributed by atoms with Gasteiger partial charge in [-0.25, -0.2) is 9.18 Å². The molecule has 2 aromatic rings. The Balaban J connectivity index is 1.90. The second-order valence-electron chi connectivity index (χ2n) is 5.22. The lowest BCUT2D eigenvalue weighted by atomic mass is 10.1. The number of hydrogen-bond acceptors (Lipinski definition) is 4. The lowest BCUT2D eigenvalue weighted by Gasteiger charge is -2.14. The van der Waals surface area contributed by atoms with Crippen LogP contribution in [0.1, 0.15) is 12.5 Å². The molecule has 2 N–H and O–H groups in total. The van der Waals surface area contributed by atoms with E-state index in [-0.39, 0.29) is 6.10 Å². The quantitative estimate of drug-likeness (QED) is 0.946. The lowest BCUT2D eigenvalue weighted by molar-refractivity contribution is 0.150. The van der Waals surface area contributed by atoms with Crippen LogP contribution in [0.15, 0.2) is 36.5 Å². The minimum Gasteiger partial charge on any atom is -0.444 e. The molecule has 2 heterocycles. The summed E-state index contributed by atoms with van der Waals surface area (Å²) in [6, 6.07) is 8.18. The number of nitrogens with two attached hydrogens (primary N) is 1. The van der Waals surface area contributed by atoms with E-state index in [2.05, 4.69) is 4.98 Å². The molecule has 6 heteroatoms. The van der Waals surface area contributed by atoms with Crippen LogP contribution in [-0.4, -0.2) is 23.7 Å². The first kappa shape index (κ1) is 14.5. The van der Waals surface area contributed by atoms with Gasteiger partial charge in [-0.05, 0) is 36.8 Å². The molecule has 0 saturated carbocycles. The van der Waals surface area contributed by atoms with Crippen LogP contribution in [0.5, 0.6) is 0 Å². The minimum absolute atomic E-state index is 0.194. The molecule has 3 rings (SSSR count). The molecule has 1 fully saturated rings. The molecule has 1 saturated heterocycles. The molecule has 1 aliphatic rings. The fourth-order valence-corrected chi connectivity index (χ4v) is 2.40. The maximum atomic E-state index is 14.4. The zero-order chi connectivity index (χ0) is 15.7. The number of halogens is 1. The highest BCUT2D eigenvalue weighted by atomic mass is 19.1. The molecule has 0 spiro atoms. The number of nitrogens with zero attached hydrogens (tertiary/aromatic N) is 2. The number of pyridine rings is 1. The summed E-state index contributed by atoms with van der Waals surface area (Å²) in [6.07, 6.45) is 0.980. The Morgan fingerprint density at radius 3 is 2.77 bits per heavy atom. The van der Waals surface area contributed by atoms with E-state index < -0.39 is 11.9 Å². The molecule has 1 aromatic carbocycles. The second kappa shape index (κ2) is 5.73. The van der Waals surface area contributed by atoms with Crippen molar-refractivity contribution in [2.45, 2.75) is 19.6 Å². The largest absolute Gasteiger partial charge is 0.444 e. The number of amides is 1. The maximum Gasteiger partial charge on any atom is 0.414 e. The highest BCUT2D eigenvalue weighted by Crippen LogP contribution is 2.28. The average molecular weight is 301 g/mol. The van der Waals surface area contributed by atoms with Crippen LogP contribution in [0.4, 0.5) is 14.9 Å². The van der Waals surface area contributed by atoms with Gasteiger partial charge in [-0.2, -0.15) is 0 Å². The van der Waals surface area contributed by atoms with Crippen LogP contribution in [-0.2, 0) is 11.3 Å². The van der Waals surface area contributed by atoms with E-state index in [1.165, 1.54) is 11.0 Å². The third kappa shape index (κ3) is 2.65. The Labute approximate surface area is 127 Å². The summed E-state index contributed by atoms with van der Waals surface area (Å²) in [5.74, 6) is -0.433. The summed E-state index contributed by atoms with van der Waals surface area (Å²) in [5, 5.41) is 0. The Bertz CT molecular complexity index is 703. The van der Waals surface area contributed by atoms with E-state index in [9.17, 15) is 9.18 Å². The van der Waals surface area contributed by atoms with Gasteiger partial charge < -0.3 is 10.5 Å². The van der Waals surface area contributed by atoms with Crippen molar-refractivity contribution in [3.05, 3.63) is 47.9 Å². The number of anilines is 1. The standard InChI is InChI=1S/C16H16FN3O2/c1-10-9-20(16(21)22-10)12-3-4-13(14(17)6-12)15-5-2-11(7-18)8-19-15/h2-6,8,10H,7,9,18H2,1H3. The summed E-state index contributed by atoms with van der Waals surface area (Å²) < 4.78 is 19.4. The maximum absolute atomic E-state index is 14.4. The first-order valence-electron chi connectivity index (χ1n) is 7.01. The summed E-state index contributed by atoms with van der Waals surface area (Å²) in [5.41, 5.74) is 7.79. The van der Waals surface area contributed by atoms with Crippen LogP contribution in [0.3, 0.4) is 0 Å². The minimum atomic E-state index is -0.454. The molecular formula is C16H16FN3O2. The molecule has 1 aliphatic heterocycles. The molecule has 0 aliphatic carbocycles. The van der Waals surface area contributed by atoms with E-state index >= 15 is 0 Å². The molecule has 114 valence electrons. The van der Waals surface area contributed by atoms with Gasteiger partial charge in [0, 0.05) is 18.3 Å². The molecule has 1 atom stereocenters. The molecule has 22 heavy (non-hydrogen) atoms. The number of aromatic nitrogens is 1. The summed E-state index contributed by atoms with van der Waals surface area (Å²) in [4.78, 5) is 17.3. The summed E-state index contributed by atoms with van der Waals surface area (Å²) in [7, 11) is 0. The van der Waals surface area contributed by atoms with Crippen molar-refractivity contribution in [3.8, 4) is 11.3 Å². The molecule has 5 nitrogen and oxygen atoms in total. The lowest BCUT2D eigenvalue weighted by Crippen LogP contribution is -2.24. The van der Waals surface area contributed by atoms with Crippen LogP contribution in [0.2, 0.25) is 0 Å². The number of ether oxygens (including phenoxy) is 1. The average Bonchev–Trinajstić information content (AvgIpc) is 2.86. The van der Waals surface area contributed by atoms with Gasteiger partial charge in [0.2, 0.25) is 0 Å². The summed E-state index contributed by atoms with van der Waals surface area (Å²) >= 11 is 0. The fraction of sp³-hybridized carbons (Fsp3) is 0.250. The second-order valence-corrected chi connectivity index (χ2v) is 5.22. The SMILES string of the molecule is CC1CN(c2ccc(-c3ccc(CN)cn3)c(F)c2)C(=O)O1. The zero-order valence-electron chi connectivity index (χ0n) is 12.1. The first-order chi connectivity index (χ1) is 10.6. The number of cyclic esters (lactones) is 1. The first-order valence-corrected chi connectivity index (χ1v) is 7.01. The predicted octanol–water partition coefficient (Wildman–Crippen LogP) is 2.69. The van der Waals surface area contributed by atoms with Gasteiger partial charge in [0.1, 0.15) is 11.9 Å². The van der Waals surface area contributed by atoms with Crippen molar-refractivity contribution < 1.29 is 13.9 Å². The van der Waals surface area contributed by atoms with Crippen LogP contribution < -0.4 is 10.6 Å². The van der Waals surface area contributed by atoms with Crippen LogP contribution >= 0.6 is 0 Å². The van der Waals surface area contributed by atoms with Crippen molar-refractivity contribution in [3.63, 3.8) is 0 Å². The van der Waals surface area contributed by atoms with Gasteiger partial charge in [-0.1, -0.05) is 6.07 Å². The third-order valence-corrected chi connectivity index (χ3v) is 3.56. The number of rotatable bonds is 3. The highest BCUT2D eigenvalue weighted by molar-refractivity contribution is 5.90. The Kier molecular flexibility index (Phi) is 3.77.